The van der Waals surface area contributed by atoms with Gasteiger partial charge >= 0.3 is 0 Å². The lowest BCUT2D eigenvalue weighted by Crippen LogP contribution is -2.29. The smallest absolute Gasteiger partial charge is 0.208 e. The first-order chi connectivity index (χ1) is 8.36. The molecule has 1 aromatic rings. The standard InChI is InChI=1S/C12H19N3S2/c1-16-10-4-2-3-7-15(8-10)12-14-13-11(17-12)9-5-6-9/h9-10H,2-8H2,1H3. The van der Waals surface area contributed by atoms with E-state index in [1.54, 1.807) is 0 Å². The van der Waals surface area contributed by atoms with Crippen molar-refractivity contribution < 1.29 is 0 Å². The molecular weight excluding hydrogens is 250 g/mol. The molecule has 0 N–H and O–H groups in total. The lowest BCUT2D eigenvalue weighted by atomic mass is 10.2. The van der Waals surface area contributed by atoms with Gasteiger partial charge < -0.3 is 4.90 Å². The van der Waals surface area contributed by atoms with Crippen LogP contribution in [0.1, 0.15) is 43.0 Å². The Balaban J connectivity index is 1.71. The van der Waals surface area contributed by atoms with E-state index in [1.807, 2.05) is 23.1 Å². The summed E-state index contributed by atoms with van der Waals surface area (Å²) >= 11 is 3.82. The van der Waals surface area contributed by atoms with Crippen molar-refractivity contribution in [3.05, 3.63) is 5.01 Å². The van der Waals surface area contributed by atoms with Crippen LogP contribution in [0, 0.1) is 0 Å². The Morgan fingerprint density at radius 2 is 2.12 bits per heavy atom. The van der Waals surface area contributed by atoms with Crippen LogP contribution in [0.4, 0.5) is 5.13 Å². The van der Waals surface area contributed by atoms with Crippen LogP contribution < -0.4 is 4.90 Å². The number of aromatic nitrogens is 2. The quantitative estimate of drug-likeness (QED) is 0.843. The van der Waals surface area contributed by atoms with Crippen molar-refractivity contribution >= 4 is 28.2 Å². The van der Waals surface area contributed by atoms with Gasteiger partial charge in [-0.1, -0.05) is 17.8 Å². The van der Waals surface area contributed by atoms with Crippen molar-refractivity contribution in [1.29, 1.82) is 0 Å². The van der Waals surface area contributed by atoms with Gasteiger partial charge in [0.2, 0.25) is 5.13 Å². The predicted octanol–water partition coefficient (Wildman–Crippen LogP) is 3.14. The number of rotatable bonds is 3. The molecule has 1 aromatic heterocycles. The fraction of sp³-hybridized carbons (Fsp3) is 0.833. The lowest BCUT2D eigenvalue weighted by Gasteiger charge is -2.22. The van der Waals surface area contributed by atoms with Crippen molar-refractivity contribution in [3.63, 3.8) is 0 Å². The van der Waals surface area contributed by atoms with Crippen molar-refractivity contribution in [2.45, 2.75) is 43.3 Å². The third-order valence-electron chi connectivity index (χ3n) is 3.59. The minimum Gasteiger partial charge on any atom is -0.346 e. The molecular formula is C12H19N3S2. The Morgan fingerprint density at radius 3 is 2.88 bits per heavy atom. The van der Waals surface area contributed by atoms with E-state index in [-0.39, 0.29) is 0 Å². The highest BCUT2D eigenvalue weighted by molar-refractivity contribution is 7.99. The molecule has 1 saturated carbocycles. The van der Waals surface area contributed by atoms with Gasteiger partial charge in [0, 0.05) is 24.3 Å². The molecule has 0 amide bonds. The molecule has 1 unspecified atom stereocenters. The van der Waals surface area contributed by atoms with E-state index in [0.29, 0.717) is 0 Å². The molecule has 0 bridgehead atoms. The molecule has 2 fully saturated rings. The summed E-state index contributed by atoms with van der Waals surface area (Å²) in [6, 6.07) is 0. The molecule has 1 saturated heterocycles. The molecule has 3 nitrogen and oxygen atoms in total. The Morgan fingerprint density at radius 1 is 1.24 bits per heavy atom. The summed E-state index contributed by atoms with van der Waals surface area (Å²) in [5.41, 5.74) is 0. The fourth-order valence-electron chi connectivity index (χ4n) is 2.32. The van der Waals surface area contributed by atoms with E-state index in [0.717, 1.165) is 29.4 Å². The highest BCUT2D eigenvalue weighted by Gasteiger charge is 2.29. The van der Waals surface area contributed by atoms with Crippen LogP contribution >= 0.6 is 23.1 Å². The molecule has 0 spiro atoms. The van der Waals surface area contributed by atoms with E-state index in [1.165, 1.54) is 37.1 Å². The summed E-state index contributed by atoms with van der Waals surface area (Å²) in [5, 5.41) is 11.9. The topological polar surface area (TPSA) is 29.0 Å². The maximum atomic E-state index is 4.40. The van der Waals surface area contributed by atoms with Gasteiger partial charge in [-0.3, -0.25) is 0 Å². The molecule has 2 aliphatic rings. The number of nitrogens with zero attached hydrogens (tertiary/aromatic N) is 3. The maximum absolute atomic E-state index is 4.40. The minimum atomic E-state index is 0.740. The van der Waals surface area contributed by atoms with Crippen LogP contribution in [0.5, 0.6) is 0 Å². The van der Waals surface area contributed by atoms with Crippen LogP contribution in [0.2, 0.25) is 0 Å². The van der Waals surface area contributed by atoms with Gasteiger partial charge in [0.15, 0.2) is 0 Å². The zero-order valence-electron chi connectivity index (χ0n) is 10.3. The average molecular weight is 269 g/mol. The number of hydrogen-bond acceptors (Lipinski definition) is 5. The van der Waals surface area contributed by atoms with E-state index in [2.05, 4.69) is 21.4 Å². The van der Waals surface area contributed by atoms with Gasteiger partial charge in [0.25, 0.3) is 0 Å². The number of thioether (sulfide) groups is 1. The highest BCUT2D eigenvalue weighted by atomic mass is 32.2. The van der Waals surface area contributed by atoms with Gasteiger partial charge in [-0.15, -0.1) is 10.2 Å². The molecule has 1 aliphatic carbocycles. The van der Waals surface area contributed by atoms with E-state index < -0.39 is 0 Å². The van der Waals surface area contributed by atoms with Crippen molar-refractivity contribution in [1.82, 2.24) is 10.2 Å². The van der Waals surface area contributed by atoms with Crippen LogP contribution in [0.3, 0.4) is 0 Å². The van der Waals surface area contributed by atoms with Crippen molar-refractivity contribution in [2.75, 3.05) is 24.2 Å². The van der Waals surface area contributed by atoms with Crippen LogP contribution in [0.15, 0.2) is 0 Å². The second-order valence-corrected chi connectivity index (χ2v) is 7.12. The minimum absolute atomic E-state index is 0.740. The lowest BCUT2D eigenvalue weighted by molar-refractivity contribution is 0.736. The molecule has 1 aliphatic heterocycles. The predicted molar refractivity (Wildman–Crippen MR) is 75.3 cm³/mol. The number of hydrogen-bond donors (Lipinski definition) is 0. The first-order valence-corrected chi connectivity index (χ1v) is 8.58. The molecule has 94 valence electrons. The molecule has 5 heteroatoms. The Kier molecular flexibility index (Phi) is 3.56. The van der Waals surface area contributed by atoms with E-state index >= 15 is 0 Å². The fourth-order valence-corrected chi connectivity index (χ4v) is 4.10. The van der Waals surface area contributed by atoms with Gasteiger partial charge in [-0.05, 0) is 31.9 Å². The summed E-state index contributed by atoms with van der Waals surface area (Å²) in [6.45, 7) is 2.32. The van der Waals surface area contributed by atoms with Crippen LogP contribution in [-0.2, 0) is 0 Å². The first-order valence-electron chi connectivity index (χ1n) is 6.48. The summed E-state index contributed by atoms with van der Waals surface area (Å²) in [6.07, 6.45) is 8.88. The van der Waals surface area contributed by atoms with Gasteiger partial charge in [0.05, 0.1) is 0 Å². The highest BCUT2D eigenvalue weighted by Crippen LogP contribution is 2.42. The molecule has 1 atom stereocenters. The van der Waals surface area contributed by atoms with Crippen LogP contribution in [0.25, 0.3) is 0 Å². The van der Waals surface area contributed by atoms with Crippen LogP contribution in [-0.4, -0.2) is 34.8 Å². The first kappa shape index (κ1) is 11.8. The third kappa shape index (κ3) is 2.76. The monoisotopic (exact) mass is 269 g/mol. The molecule has 0 aromatic carbocycles. The normalized spacial score (nSPS) is 25.9. The van der Waals surface area contributed by atoms with Crippen molar-refractivity contribution in [3.8, 4) is 0 Å². The summed E-state index contributed by atoms with van der Waals surface area (Å²) < 4.78 is 0. The largest absolute Gasteiger partial charge is 0.346 e. The maximum Gasteiger partial charge on any atom is 0.208 e. The SMILES string of the molecule is CSC1CCCCN(c2nnc(C3CC3)s2)C1. The van der Waals surface area contributed by atoms with E-state index in [4.69, 9.17) is 0 Å². The second kappa shape index (κ2) is 5.14. The summed E-state index contributed by atoms with van der Waals surface area (Å²) in [4.78, 5) is 2.46. The number of anilines is 1. The molecule has 2 heterocycles. The Bertz CT molecular complexity index is 376. The zero-order chi connectivity index (χ0) is 11.7. The van der Waals surface area contributed by atoms with Gasteiger partial charge in [-0.25, -0.2) is 0 Å². The molecule has 17 heavy (non-hydrogen) atoms. The van der Waals surface area contributed by atoms with Gasteiger partial charge in [-0.2, -0.15) is 11.8 Å². The Hall–Kier alpha value is -0.290. The summed E-state index contributed by atoms with van der Waals surface area (Å²) in [5.74, 6) is 0.740. The van der Waals surface area contributed by atoms with Crippen molar-refractivity contribution in [2.24, 2.45) is 0 Å². The Labute approximate surface area is 111 Å². The van der Waals surface area contributed by atoms with E-state index in [9.17, 15) is 0 Å². The summed E-state index contributed by atoms with van der Waals surface area (Å²) in [7, 11) is 0. The molecule has 0 radical (unpaired) electrons. The average Bonchev–Trinajstić information content (AvgIpc) is 3.13. The third-order valence-corrected chi connectivity index (χ3v) is 5.79. The molecule has 3 rings (SSSR count). The zero-order valence-corrected chi connectivity index (χ0v) is 11.9. The van der Waals surface area contributed by atoms with Gasteiger partial charge in [0.1, 0.15) is 5.01 Å². The second-order valence-electron chi connectivity index (χ2n) is 5.00.